The van der Waals surface area contributed by atoms with E-state index in [1.807, 2.05) is 13.8 Å². The first kappa shape index (κ1) is 20.0. The van der Waals surface area contributed by atoms with E-state index < -0.39 is 10.8 Å². The molecule has 0 spiro atoms. The summed E-state index contributed by atoms with van der Waals surface area (Å²) in [5.41, 5.74) is -0.281. The predicted octanol–water partition coefficient (Wildman–Crippen LogP) is 3.22. The molecule has 3 rings (SSSR count). The Hall–Kier alpha value is -3.75. The van der Waals surface area contributed by atoms with Gasteiger partial charge in [-0.05, 0) is 18.1 Å². The molecule has 1 N–H and O–H groups in total. The highest BCUT2D eigenvalue weighted by Gasteiger charge is 2.20. The van der Waals surface area contributed by atoms with E-state index in [-0.39, 0.29) is 34.3 Å². The Bertz CT molecular complexity index is 1150. The Morgan fingerprint density at radius 1 is 1.24 bits per heavy atom. The second-order valence-corrected chi connectivity index (χ2v) is 6.87. The van der Waals surface area contributed by atoms with Crippen LogP contribution >= 0.6 is 0 Å². The average Bonchev–Trinajstić information content (AvgIpc) is 2.69. The van der Waals surface area contributed by atoms with Gasteiger partial charge in [0.2, 0.25) is 0 Å². The molecule has 0 saturated carbocycles. The lowest BCUT2D eigenvalue weighted by atomic mass is 10.1. The van der Waals surface area contributed by atoms with Gasteiger partial charge in [-0.2, -0.15) is 5.10 Å². The van der Waals surface area contributed by atoms with Crippen molar-refractivity contribution in [3.8, 4) is 5.75 Å². The fourth-order valence-electron chi connectivity index (χ4n) is 2.96. The van der Waals surface area contributed by atoms with Gasteiger partial charge in [-0.15, -0.1) is 0 Å². The van der Waals surface area contributed by atoms with Gasteiger partial charge in [-0.25, -0.2) is 4.68 Å². The van der Waals surface area contributed by atoms with Gasteiger partial charge >= 0.3 is 0 Å². The third-order valence-electron chi connectivity index (χ3n) is 4.26. The maximum Gasteiger partial charge on any atom is 0.276 e. The van der Waals surface area contributed by atoms with E-state index in [4.69, 9.17) is 4.74 Å². The van der Waals surface area contributed by atoms with Crippen molar-refractivity contribution in [1.29, 1.82) is 0 Å². The third-order valence-corrected chi connectivity index (χ3v) is 4.26. The number of anilines is 1. The molecule has 0 unspecified atom stereocenters. The van der Waals surface area contributed by atoms with E-state index in [0.29, 0.717) is 17.3 Å². The van der Waals surface area contributed by atoms with Gasteiger partial charge in [0, 0.05) is 24.1 Å². The summed E-state index contributed by atoms with van der Waals surface area (Å²) in [7, 11) is 1.40. The molecule has 9 nitrogen and oxygen atoms in total. The normalized spacial score (nSPS) is 10.9. The summed E-state index contributed by atoms with van der Waals surface area (Å²) in [5.74, 6) is -0.185. The predicted molar refractivity (Wildman–Crippen MR) is 108 cm³/mol. The zero-order valence-electron chi connectivity index (χ0n) is 16.2. The molecule has 0 saturated heterocycles. The van der Waals surface area contributed by atoms with Crippen LogP contribution in [0.15, 0.2) is 47.3 Å². The summed E-state index contributed by atoms with van der Waals surface area (Å²) >= 11 is 0. The van der Waals surface area contributed by atoms with Crippen LogP contribution in [-0.2, 0) is 6.54 Å². The fraction of sp³-hybridized carbons (Fsp3) is 0.250. The first-order valence-corrected chi connectivity index (χ1v) is 8.95. The second kappa shape index (κ2) is 8.09. The molecule has 29 heavy (non-hydrogen) atoms. The van der Waals surface area contributed by atoms with Gasteiger partial charge in [-0.1, -0.05) is 32.0 Å². The van der Waals surface area contributed by atoms with Gasteiger partial charge in [-0.3, -0.25) is 19.7 Å². The molecule has 0 aliphatic heterocycles. The van der Waals surface area contributed by atoms with Crippen molar-refractivity contribution in [1.82, 2.24) is 9.78 Å². The number of nitro benzene ring substituents is 1. The Morgan fingerprint density at radius 2 is 1.93 bits per heavy atom. The Kier molecular flexibility index (Phi) is 5.58. The first-order chi connectivity index (χ1) is 13.8. The number of carbonyl (C=O) groups excluding carboxylic acids is 1. The standard InChI is InChI=1S/C20H20N4O5/c1-12(2)11-23-20(26)15-7-5-4-6-14(15)18(22-23)19(25)21-16-10-13(24(27)28)8-9-17(16)29-3/h4-10,12H,11H2,1-3H3,(H,21,25). The van der Waals surface area contributed by atoms with E-state index in [9.17, 15) is 19.7 Å². The number of non-ortho nitro benzene ring substituents is 1. The van der Waals surface area contributed by atoms with Gasteiger partial charge in [0.05, 0.1) is 23.1 Å². The molecule has 1 aromatic heterocycles. The van der Waals surface area contributed by atoms with Crippen molar-refractivity contribution in [2.24, 2.45) is 5.92 Å². The highest BCUT2D eigenvalue weighted by atomic mass is 16.6. The number of hydrogen-bond donors (Lipinski definition) is 1. The number of amides is 1. The molecule has 0 fully saturated rings. The minimum atomic E-state index is -0.600. The number of rotatable bonds is 6. The van der Waals surface area contributed by atoms with Crippen LogP contribution in [0.1, 0.15) is 24.3 Å². The molecule has 3 aromatic rings. The number of nitrogens with zero attached hydrogens (tertiary/aromatic N) is 3. The van der Waals surface area contributed by atoms with E-state index in [2.05, 4.69) is 10.4 Å². The molecule has 9 heteroatoms. The highest BCUT2D eigenvalue weighted by molar-refractivity contribution is 6.11. The van der Waals surface area contributed by atoms with E-state index in [1.165, 1.54) is 30.0 Å². The molecule has 0 bridgehead atoms. The minimum absolute atomic E-state index is 0.0504. The first-order valence-electron chi connectivity index (χ1n) is 8.95. The SMILES string of the molecule is COc1ccc([N+](=O)[O-])cc1NC(=O)c1nn(CC(C)C)c(=O)c2ccccc12. The highest BCUT2D eigenvalue weighted by Crippen LogP contribution is 2.29. The number of methoxy groups -OCH3 is 1. The summed E-state index contributed by atoms with van der Waals surface area (Å²) < 4.78 is 6.46. The number of nitrogens with one attached hydrogen (secondary N) is 1. The van der Waals surface area contributed by atoms with Crippen LogP contribution in [-0.4, -0.2) is 27.7 Å². The lowest BCUT2D eigenvalue weighted by molar-refractivity contribution is -0.384. The summed E-state index contributed by atoms with van der Waals surface area (Å²) in [6, 6.07) is 10.6. The van der Waals surface area contributed by atoms with Gasteiger partial charge in [0.15, 0.2) is 5.69 Å². The number of ether oxygens (including phenoxy) is 1. The third kappa shape index (κ3) is 4.08. The van der Waals surface area contributed by atoms with Gasteiger partial charge < -0.3 is 10.1 Å². The van der Waals surface area contributed by atoms with E-state index >= 15 is 0 Å². The van der Waals surface area contributed by atoms with Crippen LogP contribution in [0.2, 0.25) is 0 Å². The summed E-state index contributed by atoms with van der Waals surface area (Å²) in [4.78, 5) is 36.2. The molecule has 0 radical (unpaired) electrons. The van der Waals surface area contributed by atoms with Gasteiger partial charge in [0.25, 0.3) is 17.2 Å². The van der Waals surface area contributed by atoms with Crippen LogP contribution in [0, 0.1) is 16.0 Å². The number of fused-ring (bicyclic) bond motifs is 1. The number of carbonyl (C=O) groups is 1. The quantitative estimate of drug-likeness (QED) is 0.505. The topological polar surface area (TPSA) is 116 Å². The van der Waals surface area contributed by atoms with Crippen molar-refractivity contribution >= 4 is 28.1 Å². The number of hydrogen-bond acceptors (Lipinski definition) is 6. The van der Waals surface area contributed by atoms with Crippen LogP contribution in [0.5, 0.6) is 5.75 Å². The monoisotopic (exact) mass is 396 g/mol. The molecule has 0 atom stereocenters. The maximum atomic E-state index is 13.0. The number of aromatic nitrogens is 2. The zero-order valence-corrected chi connectivity index (χ0v) is 16.2. The average molecular weight is 396 g/mol. The summed E-state index contributed by atoms with van der Waals surface area (Å²) in [6.07, 6.45) is 0. The smallest absolute Gasteiger partial charge is 0.276 e. The van der Waals surface area contributed by atoms with E-state index in [1.54, 1.807) is 24.3 Å². The summed E-state index contributed by atoms with van der Waals surface area (Å²) in [6.45, 7) is 4.23. The van der Waals surface area contributed by atoms with Crippen LogP contribution in [0.4, 0.5) is 11.4 Å². The Balaban J connectivity index is 2.10. The molecule has 1 heterocycles. The molecule has 2 aromatic carbocycles. The number of benzene rings is 2. The Labute approximate surface area is 166 Å². The Morgan fingerprint density at radius 3 is 2.55 bits per heavy atom. The number of nitro groups is 1. The van der Waals surface area contributed by atoms with Crippen LogP contribution < -0.4 is 15.6 Å². The molecule has 150 valence electrons. The molecule has 0 aliphatic rings. The summed E-state index contributed by atoms with van der Waals surface area (Å²) in [5, 5.41) is 18.7. The molecule has 0 aliphatic carbocycles. The molecular weight excluding hydrogens is 376 g/mol. The van der Waals surface area contributed by atoms with Crippen molar-refractivity contribution in [2.45, 2.75) is 20.4 Å². The van der Waals surface area contributed by atoms with Crippen molar-refractivity contribution in [2.75, 3.05) is 12.4 Å². The van der Waals surface area contributed by atoms with Crippen LogP contribution in [0.3, 0.4) is 0 Å². The maximum absolute atomic E-state index is 13.0. The van der Waals surface area contributed by atoms with Gasteiger partial charge in [0.1, 0.15) is 5.75 Å². The van der Waals surface area contributed by atoms with Crippen molar-refractivity contribution in [3.05, 3.63) is 68.6 Å². The molecule has 1 amide bonds. The van der Waals surface area contributed by atoms with Crippen LogP contribution in [0.25, 0.3) is 10.8 Å². The largest absolute Gasteiger partial charge is 0.495 e. The van der Waals surface area contributed by atoms with Crippen molar-refractivity contribution in [3.63, 3.8) is 0 Å². The minimum Gasteiger partial charge on any atom is -0.495 e. The zero-order chi connectivity index (χ0) is 21.1. The van der Waals surface area contributed by atoms with Crippen molar-refractivity contribution < 1.29 is 14.5 Å². The fourth-order valence-corrected chi connectivity index (χ4v) is 2.96. The van der Waals surface area contributed by atoms with E-state index in [0.717, 1.165) is 0 Å². The lowest BCUT2D eigenvalue weighted by Gasteiger charge is -2.14. The lowest BCUT2D eigenvalue weighted by Crippen LogP contribution is -2.29. The second-order valence-electron chi connectivity index (χ2n) is 6.87. The molecular formula is C20H20N4O5.